The molecule has 0 radical (unpaired) electrons. The third-order valence-corrected chi connectivity index (χ3v) is 2.27. The molecule has 0 unspecified atom stereocenters. The lowest BCUT2D eigenvalue weighted by Crippen LogP contribution is -2.16. The molecule has 0 saturated heterocycles. The number of ether oxygens (including phenoxy) is 1. The number of aryl methyl sites for hydroxylation is 1. The maximum atomic E-state index is 11.6. The summed E-state index contributed by atoms with van der Waals surface area (Å²) in [5, 5.41) is 0. The molecule has 0 N–H and O–H groups in total. The molecule has 0 aromatic heterocycles. The van der Waals surface area contributed by atoms with Gasteiger partial charge in [0.1, 0.15) is 0 Å². The summed E-state index contributed by atoms with van der Waals surface area (Å²) in [5.41, 5.74) is 1.76. The number of carbonyl (C=O) groups excluding carboxylic acids is 1. The van der Waals surface area contributed by atoms with Crippen LogP contribution in [0.2, 0.25) is 0 Å². The average molecular weight is 258 g/mol. The highest BCUT2D eigenvalue weighted by Crippen LogP contribution is 2.05. The van der Waals surface area contributed by atoms with E-state index >= 15 is 0 Å². The van der Waals surface area contributed by atoms with Gasteiger partial charge in [0.15, 0.2) is 0 Å². The van der Waals surface area contributed by atoms with Crippen molar-refractivity contribution < 1.29 is 9.53 Å². The van der Waals surface area contributed by atoms with E-state index in [1.807, 2.05) is 33.2 Å². The minimum Gasteiger partial charge on any atom is -0.462 e. The first-order valence-corrected chi connectivity index (χ1v) is 5.48. The minimum atomic E-state index is -0.237. The van der Waals surface area contributed by atoms with Crippen LogP contribution < -0.4 is 0 Å². The number of rotatable bonds is 5. The van der Waals surface area contributed by atoms with Crippen molar-refractivity contribution in [1.82, 2.24) is 4.90 Å². The maximum absolute atomic E-state index is 11.6. The van der Waals surface area contributed by atoms with Gasteiger partial charge < -0.3 is 9.64 Å². The van der Waals surface area contributed by atoms with Crippen LogP contribution in [-0.2, 0) is 4.74 Å². The van der Waals surface area contributed by atoms with Crippen LogP contribution in [0.5, 0.6) is 0 Å². The lowest BCUT2D eigenvalue weighted by molar-refractivity contribution is 0.0493. The first-order valence-electron chi connectivity index (χ1n) is 5.48. The summed E-state index contributed by atoms with van der Waals surface area (Å²) in [4.78, 5) is 13.6. The van der Waals surface area contributed by atoms with Crippen LogP contribution in [0, 0.1) is 6.92 Å². The van der Waals surface area contributed by atoms with E-state index in [0.717, 1.165) is 18.5 Å². The van der Waals surface area contributed by atoms with Gasteiger partial charge >= 0.3 is 5.97 Å². The number of benzene rings is 1. The molecular weight excluding hydrogens is 238 g/mol. The van der Waals surface area contributed by atoms with Crippen molar-refractivity contribution in [2.24, 2.45) is 0 Å². The van der Waals surface area contributed by atoms with E-state index in [4.69, 9.17) is 4.74 Å². The molecule has 0 spiro atoms. The molecule has 0 amide bonds. The topological polar surface area (TPSA) is 29.5 Å². The minimum absolute atomic E-state index is 0. The van der Waals surface area contributed by atoms with Crippen LogP contribution in [0.3, 0.4) is 0 Å². The van der Waals surface area contributed by atoms with Crippen molar-refractivity contribution in [3.8, 4) is 0 Å². The smallest absolute Gasteiger partial charge is 0.338 e. The third kappa shape index (κ3) is 6.29. The highest BCUT2D eigenvalue weighted by Gasteiger charge is 2.05. The highest BCUT2D eigenvalue weighted by molar-refractivity contribution is 5.89. The molecular formula is C13H20ClNO2. The normalized spacial score (nSPS) is 9.88. The van der Waals surface area contributed by atoms with Gasteiger partial charge in [-0.05, 0) is 39.6 Å². The Balaban J connectivity index is 0.00000256. The van der Waals surface area contributed by atoms with E-state index in [1.165, 1.54) is 0 Å². The number of esters is 1. The van der Waals surface area contributed by atoms with Crippen molar-refractivity contribution in [2.45, 2.75) is 13.3 Å². The Morgan fingerprint density at radius 2 is 1.82 bits per heavy atom. The number of hydrogen-bond donors (Lipinski definition) is 0. The van der Waals surface area contributed by atoms with E-state index in [0.29, 0.717) is 12.2 Å². The van der Waals surface area contributed by atoms with Crippen molar-refractivity contribution in [3.05, 3.63) is 35.4 Å². The van der Waals surface area contributed by atoms with Crippen molar-refractivity contribution >= 4 is 18.4 Å². The van der Waals surface area contributed by atoms with Crippen LogP contribution in [0.1, 0.15) is 22.3 Å². The third-order valence-electron chi connectivity index (χ3n) is 2.27. The predicted molar refractivity (Wildman–Crippen MR) is 71.9 cm³/mol. The molecule has 0 bridgehead atoms. The Morgan fingerprint density at radius 1 is 1.24 bits per heavy atom. The van der Waals surface area contributed by atoms with E-state index in [-0.39, 0.29) is 18.4 Å². The van der Waals surface area contributed by atoms with E-state index in [1.54, 1.807) is 12.1 Å². The molecule has 0 aliphatic carbocycles. The summed E-state index contributed by atoms with van der Waals surface area (Å²) in [5.74, 6) is -0.237. The number of hydrogen-bond acceptors (Lipinski definition) is 3. The second kappa shape index (κ2) is 8.09. The molecule has 1 rings (SSSR count). The molecule has 0 saturated carbocycles. The fourth-order valence-corrected chi connectivity index (χ4v) is 1.32. The van der Waals surface area contributed by atoms with Gasteiger partial charge in [0.25, 0.3) is 0 Å². The van der Waals surface area contributed by atoms with E-state index < -0.39 is 0 Å². The molecule has 0 aliphatic heterocycles. The zero-order valence-corrected chi connectivity index (χ0v) is 11.4. The molecule has 3 nitrogen and oxygen atoms in total. The lowest BCUT2D eigenvalue weighted by atomic mass is 10.1. The van der Waals surface area contributed by atoms with Gasteiger partial charge in [-0.15, -0.1) is 12.4 Å². The quantitative estimate of drug-likeness (QED) is 0.600. The van der Waals surface area contributed by atoms with Crippen LogP contribution in [0.25, 0.3) is 0 Å². The first kappa shape index (κ1) is 15.9. The van der Waals surface area contributed by atoms with Gasteiger partial charge in [0.05, 0.1) is 12.2 Å². The van der Waals surface area contributed by atoms with Crippen LogP contribution in [-0.4, -0.2) is 38.1 Å². The molecule has 0 aliphatic rings. The lowest BCUT2D eigenvalue weighted by Gasteiger charge is -2.09. The maximum Gasteiger partial charge on any atom is 0.338 e. The van der Waals surface area contributed by atoms with Crippen LogP contribution in [0.15, 0.2) is 24.3 Å². The molecule has 0 fully saturated rings. The Hall–Kier alpha value is -1.06. The summed E-state index contributed by atoms with van der Waals surface area (Å²) in [6.45, 7) is 3.40. The van der Waals surface area contributed by atoms with Crippen LogP contribution >= 0.6 is 12.4 Å². The van der Waals surface area contributed by atoms with Crippen LogP contribution in [0.4, 0.5) is 0 Å². The fourth-order valence-electron chi connectivity index (χ4n) is 1.32. The van der Waals surface area contributed by atoms with Gasteiger partial charge in [-0.1, -0.05) is 17.7 Å². The average Bonchev–Trinajstić information content (AvgIpc) is 2.25. The molecule has 96 valence electrons. The van der Waals surface area contributed by atoms with Gasteiger partial charge in [0.2, 0.25) is 0 Å². The highest BCUT2D eigenvalue weighted by atomic mass is 35.5. The largest absolute Gasteiger partial charge is 0.462 e. The molecule has 1 aromatic carbocycles. The standard InChI is InChI=1S/C13H19NO2.ClH/c1-11-5-7-12(8-6-11)13(15)16-10-4-9-14(2)3;/h5-8H,4,9-10H2,1-3H3;1H. The van der Waals surface area contributed by atoms with Gasteiger partial charge in [-0.3, -0.25) is 0 Å². The molecule has 17 heavy (non-hydrogen) atoms. The second-order valence-electron chi connectivity index (χ2n) is 4.16. The zero-order chi connectivity index (χ0) is 12.0. The number of carbonyl (C=O) groups is 1. The Kier molecular flexibility index (Phi) is 7.59. The van der Waals surface area contributed by atoms with Gasteiger partial charge in [-0.2, -0.15) is 0 Å². The molecule has 1 aromatic rings. The fraction of sp³-hybridized carbons (Fsp3) is 0.462. The van der Waals surface area contributed by atoms with Crippen molar-refractivity contribution in [2.75, 3.05) is 27.2 Å². The molecule has 0 atom stereocenters. The summed E-state index contributed by atoms with van der Waals surface area (Å²) in [7, 11) is 4.00. The Morgan fingerprint density at radius 3 is 2.35 bits per heavy atom. The first-order chi connectivity index (χ1) is 7.59. The second-order valence-corrected chi connectivity index (χ2v) is 4.16. The van der Waals surface area contributed by atoms with Crippen molar-refractivity contribution in [3.63, 3.8) is 0 Å². The number of halogens is 1. The van der Waals surface area contributed by atoms with Gasteiger partial charge in [0, 0.05) is 6.54 Å². The van der Waals surface area contributed by atoms with E-state index in [9.17, 15) is 4.79 Å². The summed E-state index contributed by atoms with van der Waals surface area (Å²) < 4.78 is 5.15. The van der Waals surface area contributed by atoms with Gasteiger partial charge in [-0.25, -0.2) is 4.79 Å². The predicted octanol–water partition coefficient (Wildman–Crippen LogP) is 2.53. The monoisotopic (exact) mass is 257 g/mol. The zero-order valence-electron chi connectivity index (χ0n) is 10.6. The number of nitrogens with zero attached hydrogens (tertiary/aromatic N) is 1. The van der Waals surface area contributed by atoms with E-state index in [2.05, 4.69) is 4.90 Å². The summed E-state index contributed by atoms with van der Waals surface area (Å²) in [6.07, 6.45) is 0.866. The summed E-state index contributed by atoms with van der Waals surface area (Å²) in [6, 6.07) is 7.42. The Bertz CT molecular complexity index is 336. The Labute approximate surface area is 109 Å². The molecule has 0 heterocycles. The van der Waals surface area contributed by atoms with Crippen molar-refractivity contribution in [1.29, 1.82) is 0 Å². The SMILES string of the molecule is Cc1ccc(C(=O)OCCCN(C)C)cc1.Cl. The summed E-state index contributed by atoms with van der Waals surface area (Å²) >= 11 is 0. The molecule has 4 heteroatoms.